The SMILES string of the molecule is COCCC(=O)N1CCCN(C(=O)c2ccc(Cl)c(C)c2)CC1. The molecule has 0 aliphatic carbocycles. The number of amides is 2. The Labute approximate surface area is 142 Å². The van der Waals surface area contributed by atoms with Gasteiger partial charge in [0.2, 0.25) is 5.91 Å². The number of carbonyl (C=O) groups is 2. The van der Waals surface area contributed by atoms with Gasteiger partial charge in [-0.3, -0.25) is 9.59 Å². The van der Waals surface area contributed by atoms with Gasteiger partial charge in [0, 0.05) is 43.9 Å². The van der Waals surface area contributed by atoms with Crippen LogP contribution in [0.25, 0.3) is 0 Å². The summed E-state index contributed by atoms with van der Waals surface area (Å²) in [6, 6.07) is 5.32. The van der Waals surface area contributed by atoms with Crippen LogP contribution in [0.3, 0.4) is 0 Å². The summed E-state index contributed by atoms with van der Waals surface area (Å²) in [6.07, 6.45) is 1.18. The molecule has 1 aliphatic heterocycles. The number of methoxy groups -OCH3 is 1. The van der Waals surface area contributed by atoms with E-state index in [1.165, 1.54) is 0 Å². The maximum absolute atomic E-state index is 12.6. The Morgan fingerprint density at radius 3 is 2.57 bits per heavy atom. The average molecular weight is 339 g/mol. The van der Waals surface area contributed by atoms with Crippen molar-refractivity contribution in [1.82, 2.24) is 9.80 Å². The second kappa shape index (κ2) is 8.31. The fourth-order valence-corrected chi connectivity index (χ4v) is 2.80. The number of ether oxygens (including phenoxy) is 1. The van der Waals surface area contributed by atoms with Crippen LogP contribution in [0, 0.1) is 6.92 Å². The molecule has 1 aromatic rings. The number of hydrogen-bond donors (Lipinski definition) is 0. The largest absolute Gasteiger partial charge is 0.384 e. The molecule has 1 saturated heterocycles. The van der Waals surface area contributed by atoms with Crippen molar-refractivity contribution in [1.29, 1.82) is 0 Å². The normalized spacial score (nSPS) is 15.4. The Morgan fingerprint density at radius 1 is 1.17 bits per heavy atom. The Bertz CT molecular complexity index is 577. The maximum atomic E-state index is 12.6. The molecule has 126 valence electrons. The van der Waals surface area contributed by atoms with Gasteiger partial charge in [-0.2, -0.15) is 0 Å². The van der Waals surface area contributed by atoms with Crippen molar-refractivity contribution < 1.29 is 14.3 Å². The lowest BCUT2D eigenvalue weighted by Gasteiger charge is -2.22. The number of hydrogen-bond acceptors (Lipinski definition) is 3. The van der Waals surface area contributed by atoms with E-state index in [1.54, 1.807) is 19.2 Å². The van der Waals surface area contributed by atoms with E-state index in [9.17, 15) is 9.59 Å². The van der Waals surface area contributed by atoms with E-state index in [4.69, 9.17) is 16.3 Å². The number of benzene rings is 1. The van der Waals surface area contributed by atoms with E-state index < -0.39 is 0 Å². The summed E-state index contributed by atoms with van der Waals surface area (Å²) < 4.78 is 4.95. The molecule has 1 aliphatic rings. The number of nitrogens with zero attached hydrogens (tertiary/aromatic N) is 2. The highest BCUT2D eigenvalue weighted by molar-refractivity contribution is 6.31. The Balaban J connectivity index is 1.98. The lowest BCUT2D eigenvalue weighted by Crippen LogP contribution is -2.37. The number of halogens is 1. The molecule has 0 N–H and O–H groups in total. The molecule has 0 bridgehead atoms. The first kappa shape index (κ1) is 17.8. The zero-order chi connectivity index (χ0) is 16.8. The highest BCUT2D eigenvalue weighted by Gasteiger charge is 2.22. The third-order valence-electron chi connectivity index (χ3n) is 4.06. The Morgan fingerprint density at radius 2 is 1.87 bits per heavy atom. The van der Waals surface area contributed by atoms with E-state index in [0.717, 1.165) is 12.0 Å². The van der Waals surface area contributed by atoms with Gasteiger partial charge in [-0.1, -0.05) is 11.6 Å². The number of rotatable bonds is 4. The second-order valence-corrected chi connectivity index (χ2v) is 6.14. The van der Waals surface area contributed by atoms with Crippen molar-refractivity contribution in [2.75, 3.05) is 39.9 Å². The zero-order valence-corrected chi connectivity index (χ0v) is 14.4. The third-order valence-corrected chi connectivity index (χ3v) is 4.48. The summed E-state index contributed by atoms with van der Waals surface area (Å²) in [5.41, 5.74) is 1.54. The molecule has 0 aromatic heterocycles. The standard InChI is InChI=1S/C17H23ClN2O3/c1-13-12-14(4-5-15(13)18)17(22)20-8-3-7-19(9-10-20)16(21)6-11-23-2/h4-5,12H,3,6-11H2,1-2H3. The van der Waals surface area contributed by atoms with Crippen LogP contribution in [0.5, 0.6) is 0 Å². The summed E-state index contributed by atoms with van der Waals surface area (Å²) in [6.45, 7) is 4.79. The summed E-state index contributed by atoms with van der Waals surface area (Å²) >= 11 is 6.01. The molecule has 2 amide bonds. The second-order valence-electron chi connectivity index (χ2n) is 5.73. The molecule has 1 heterocycles. The first-order valence-electron chi connectivity index (χ1n) is 7.85. The van der Waals surface area contributed by atoms with Gasteiger partial charge < -0.3 is 14.5 Å². The minimum atomic E-state index is -0.00374. The monoisotopic (exact) mass is 338 g/mol. The van der Waals surface area contributed by atoms with Gasteiger partial charge in [0.15, 0.2) is 0 Å². The molecule has 23 heavy (non-hydrogen) atoms. The average Bonchev–Trinajstić information content (AvgIpc) is 2.80. The van der Waals surface area contributed by atoms with Gasteiger partial charge in [-0.25, -0.2) is 0 Å². The Kier molecular flexibility index (Phi) is 6.42. The first-order chi connectivity index (χ1) is 11.0. The molecule has 0 unspecified atom stereocenters. The van der Waals surface area contributed by atoms with Crippen LogP contribution in [-0.4, -0.2) is 61.5 Å². The molecule has 6 heteroatoms. The minimum Gasteiger partial charge on any atom is -0.384 e. The third kappa shape index (κ3) is 4.69. The summed E-state index contributed by atoms with van der Waals surface area (Å²) in [5, 5.41) is 0.660. The van der Waals surface area contributed by atoms with Crippen molar-refractivity contribution in [3.8, 4) is 0 Å². The van der Waals surface area contributed by atoms with Crippen molar-refractivity contribution in [2.45, 2.75) is 19.8 Å². The quantitative estimate of drug-likeness (QED) is 0.846. The smallest absolute Gasteiger partial charge is 0.253 e. The van der Waals surface area contributed by atoms with Crippen molar-refractivity contribution >= 4 is 23.4 Å². The molecule has 1 aromatic carbocycles. The summed E-state index contributed by atoms with van der Waals surface area (Å²) in [7, 11) is 1.59. The van der Waals surface area contributed by atoms with Gasteiger partial charge in [0.05, 0.1) is 13.0 Å². The van der Waals surface area contributed by atoms with E-state index in [1.807, 2.05) is 22.8 Å². The van der Waals surface area contributed by atoms with Crippen LogP contribution < -0.4 is 0 Å². The van der Waals surface area contributed by atoms with Gasteiger partial charge >= 0.3 is 0 Å². The van der Waals surface area contributed by atoms with Crippen LogP contribution in [0.15, 0.2) is 18.2 Å². The fourth-order valence-electron chi connectivity index (χ4n) is 2.68. The topological polar surface area (TPSA) is 49.9 Å². The predicted molar refractivity (Wildman–Crippen MR) is 89.8 cm³/mol. The van der Waals surface area contributed by atoms with Crippen LogP contribution in [-0.2, 0) is 9.53 Å². The maximum Gasteiger partial charge on any atom is 0.253 e. The van der Waals surface area contributed by atoms with E-state index in [0.29, 0.717) is 49.8 Å². The van der Waals surface area contributed by atoms with Gasteiger partial charge in [0.1, 0.15) is 0 Å². The number of aryl methyl sites for hydroxylation is 1. The lowest BCUT2D eigenvalue weighted by molar-refractivity contribution is -0.132. The molecule has 0 spiro atoms. The molecule has 0 saturated carbocycles. The Hall–Kier alpha value is -1.59. The van der Waals surface area contributed by atoms with Crippen LogP contribution in [0.2, 0.25) is 5.02 Å². The molecule has 5 nitrogen and oxygen atoms in total. The van der Waals surface area contributed by atoms with Gasteiger partial charge in [0.25, 0.3) is 5.91 Å². The first-order valence-corrected chi connectivity index (χ1v) is 8.23. The van der Waals surface area contributed by atoms with Crippen molar-refractivity contribution in [2.24, 2.45) is 0 Å². The molecule has 1 fully saturated rings. The summed E-state index contributed by atoms with van der Waals surface area (Å²) in [5.74, 6) is 0.0828. The van der Waals surface area contributed by atoms with E-state index >= 15 is 0 Å². The van der Waals surface area contributed by atoms with Crippen LogP contribution in [0.1, 0.15) is 28.8 Å². The van der Waals surface area contributed by atoms with Gasteiger partial charge in [-0.05, 0) is 37.1 Å². The van der Waals surface area contributed by atoms with Gasteiger partial charge in [-0.15, -0.1) is 0 Å². The lowest BCUT2D eigenvalue weighted by atomic mass is 10.1. The molecular weight excluding hydrogens is 316 g/mol. The molecular formula is C17H23ClN2O3. The van der Waals surface area contributed by atoms with E-state index in [-0.39, 0.29) is 11.8 Å². The van der Waals surface area contributed by atoms with Crippen LogP contribution >= 0.6 is 11.6 Å². The minimum absolute atomic E-state index is 0.00374. The van der Waals surface area contributed by atoms with E-state index in [2.05, 4.69) is 0 Å². The molecule has 0 atom stereocenters. The highest BCUT2D eigenvalue weighted by Crippen LogP contribution is 2.18. The summed E-state index contributed by atoms with van der Waals surface area (Å²) in [4.78, 5) is 28.3. The number of carbonyl (C=O) groups excluding carboxylic acids is 2. The molecule has 2 rings (SSSR count). The predicted octanol–water partition coefficient (Wildman–Crippen LogP) is 2.36. The van der Waals surface area contributed by atoms with Crippen molar-refractivity contribution in [3.63, 3.8) is 0 Å². The van der Waals surface area contributed by atoms with Crippen molar-refractivity contribution in [3.05, 3.63) is 34.3 Å². The molecule has 0 radical (unpaired) electrons. The van der Waals surface area contributed by atoms with Crippen LogP contribution in [0.4, 0.5) is 0 Å². The highest BCUT2D eigenvalue weighted by atomic mass is 35.5. The fraction of sp³-hybridized carbons (Fsp3) is 0.529. The zero-order valence-electron chi connectivity index (χ0n) is 13.7.